The molecule has 30 heavy (non-hydrogen) atoms. The number of hydrogen-bond acceptors (Lipinski definition) is 6. The summed E-state index contributed by atoms with van der Waals surface area (Å²) >= 11 is 0. The lowest BCUT2D eigenvalue weighted by Gasteiger charge is -2.32. The largest absolute Gasteiger partial charge is 0.460 e. The van der Waals surface area contributed by atoms with Crippen LogP contribution in [-0.4, -0.2) is 47.1 Å². The summed E-state index contributed by atoms with van der Waals surface area (Å²) in [7, 11) is 0. The lowest BCUT2D eigenvalue weighted by Crippen LogP contribution is -2.39. The van der Waals surface area contributed by atoms with E-state index in [1.807, 2.05) is 24.4 Å². The monoisotopic (exact) mass is 405 g/mol. The first-order chi connectivity index (χ1) is 14.8. The van der Waals surface area contributed by atoms with Gasteiger partial charge < -0.3 is 14.6 Å². The third-order valence-electron chi connectivity index (χ3n) is 6.35. The van der Waals surface area contributed by atoms with Crippen molar-refractivity contribution in [1.82, 2.24) is 14.9 Å². The number of anilines is 2. The fraction of sp³-hybridized carbons (Fsp3) is 0.500. The summed E-state index contributed by atoms with van der Waals surface area (Å²) in [5.41, 5.74) is 0.977. The molecule has 0 unspecified atom stereocenters. The maximum absolute atomic E-state index is 5.99. The number of rotatable bonds is 5. The van der Waals surface area contributed by atoms with E-state index in [1.165, 1.54) is 31.1 Å². The van der Waals surface area contributed by atoms with Gasteiger partial charge in [-0.2, -0.15) is 4.98 Å². The van der Waals surface area contributed by atoms with Crippen LogP contribution in [0, 0.1) is 0 Å². The molecule has 2 aliphatic rings. The highest BCUT2D eigenvalue weighted by Gasteiger charge is 2.21. The van der Waals surface area contributed by atoms with E-state index in [-0.39, 0.29) is 0 Å². The minimum atomic E-state index is 0.427. The van der Waals surface area contributed by atoms with Gasteiger partial charge in [0.2, 0.25) is 5.95 Å². The van der Waals surface area contributed by atoms with Crippen LogP contribution in [0.15, 0.2) is 47.0 Å². The number of fused-ring (bicyclic) bond motifs is 1. The Bertz CT molecular complexity index is 922. The Morgan fingerprint density at radius 2 is 1.77 bits per heavy atom. The average Bonchev–Trinajstić information content (AvgIpc) is 2.98. The number of piperidine rings is 1. The molecule has 6 nitrogen and oxygen atoms in total. The summed E-state index contributed by atoms with van der Waals surface area (Å²) in [5.74, 6) is 2.89. The van der Waals surface area contributed by atoms with Crippen molar-refractivity contribution in [3.63, 3.8) is 0 Å². The van der Waals surface area contributed by atoms with E-state index in [1.54, 1.807) is 0 Å². The van der Waals surface area contributed by atoms with Gasteiger partial charge in [0.25, 0.3) is 0 Å². The Hall–Kier alpha value is -2.60. The van der Waals surface area contributed by atoms with Crippen LogP contribution in [0.1, 0.15) is 44.3 Å². The van der Waals surface area contributed by atoms with E-state index in [2.05, 4.69) is 38.3 Å². The van der Waals surface area contributed by atoms with Crippen molar-refractivity contribution in [3.8, 4) is 0 Å². The standard InChI is InChI=1S/C24H31N5O/c1-2-6-14-29(13-5-1)23-9-12-25-24(27-23)26-20-10-15-28(16-11-20)18-21-17-19-7-3-4-8-22(19)30-21/h3-4,7-9,12,17,20H,1-2,5-6,10-11,13-16,18H2,(H,25,26,27). The molecule has 3 aromatic rings. The number of para-hydroxylation sites is 1. The van der Waals surface area contributed by atoms with Gasteiger partial charge in [-0.05, 0) is 43.9 Å². The maximum Gasteiger partial charge on any atom is 0.224 e. The number of nitrogens with zero attached hydrogens (tertiary/aromatic N) is 4. The van der Waals surface area contributed by atoms with Crippen LogP contribution >= 0.6 is 0 Å². The normalized spacial score (nSPS) is 19.1. The smallest absolute Gasteiger partial charge is 0.224 e. The fourth-order valence-corrected chi connectivity index (χ4v) is 4.65. The Balaban J connectivity index is 1.15. The summed E-state index contributed by atoms with van der Waals surface area (Å²) in [4.78, 5) is 14.2. The molecule has 4 heterocycles. The molecule has 1 aromatic carbocycles. The Morgan fingerprint density at radius 3 is 2.57 bits per heavy atom. The molecule has 6 heteroatoms. The van der Waals surface area contributed by atoms with Gasteiger partial charge >= 0.3 is 0 Å². The van der Waals surface area contributed by atoms with E-state index in [0.29, 0.717) is 6.04 Å². The summed E-state index contributed by atoms with van der Waals surface area (Å²) in [5, 5.41) is 4.77. The molecule has 5 rings (SSSR count). The van der Waals surface area contributed by atoms with Crippen molar-refractivity contribution in [2.45, 2.75) is 51.1 Å². The summed E-state index contributed by atoms with van der Waals surface area (Å²) in [6.45, 7) is 5.21. The van der Waals surface area contributed by atoms with E-state index >= 15 is 0 Å². The summed E-state index contributed by atoms with van der Waals surface area (Å²) in [6.07, 6.45) is 9.27. The lowest BCUT2D eigenvalue weighted by molar-refractivity contribution is 0.198. The molecule has 0 aliphatic carbocycles. The second-order valence-electron chi connectivity index (χ2n) is 8.59. The topological polar surface area (TPSA) is 57.4 Å². The molecule has 2 aliphatic heterocycles. The van der Waals surface area contributed by atoms with Gasteiger partial charge in [-0.1, -0.05) is 31.0 Å². The summed E-state index contributed by atoms with van der Waals surface area (Å²) < 4.78 is 5.99. The highest BCUT2D eigenvalue weighted by Crippen LogP contribution is 2.23. The SMILES string of the molecule is c1ccc2oc(CN3CCC(Nc4nccc(N5CCCCCC5)n4)CC3)cc2c1. The van der Waals surface area contributed by atoms with Crippen molar-refractivity contribution < 1.29 is 4.42 Å². The van der Waals surface area contributed by atoms with Crippen molar-refractivity contribution in [2.24, 2.45) is 0 Å². The third-order valence-corrected chi connectivity index (χ3v) is 6.35. The number of nitrogens with one attached hydrogen (secondary N) is 1. The molecule has 2 saturated heterocycles. The van der Waals surface area contributed by atoms with Crippen LogP contribution in [-0.2, 0) is 6.54 Å². The van der Waals surface area contributed by atoms with Crippen LogP contribution in [0.2, 0.25) is 0 Å². The van der Waals surface area contributed by atoms with Crippen LogP contribution in [0.3, 0.4) is 0 Å². The molecule has 0 amide bonds. The van der Waals surface area contributed by atoms with Crippen LogP contribution in [0.4, 0.5) is 11.8 Å². The lowest BCUT2D eigenvalue weighted by atomic mass is 10.1. The number of benzene rings is 1. The van der Waals surface area contributed by atoms with E-state index < -0.39 is 0 Å². The predicted octanol–water partition coefficient (Wildman–Crippen LogP) is 4.68. The predicted molar refractivity (Wildman–Crippen MR) is 121 cm³/mol. The van der Waals surface area contributed by atoms with Crippen molar-refractivity contribution in [2.75, 3.05) is 36.4 Å². The zero-order valence-corrected chi connectivity index (χ0v) is 17.6. The molecular weight excluding hydrogens is 374 g/mol. The second kappa shape index (κ2) is 9.04. The fourth-order valence-electron chi connectivity index (χ4n) is 4.65. The Morgan fingerprint density at radius 1 is 0.967 bits per heavy atom. The molecule has 0 bridgehead atoms. The first-order valence-corrected chi connectivity index (χ1v) is 11.4. The molecule has 1 N–H and O–H groups in total. The minimum absolute atomic E-state index is 0.427. The molecule has 0 radical (unpaired) electrons. The third kappa shape index (κ3) is 4.59. The van der Waals surface area contributed by atoms with Gasteiger partial charge in [0.1, 0.15) is 17.2 Å². The van der Waals surface area contributed by atoms with Crippen molar-refractivity contribution >= 4 is 22.7 Å². The van der Waals surface area contributed by atoms with Gasteiger partial charge in [0, 0.05) is 43.8 Å². The first-order valence-electron chi connectivity index (χ1n) is 11.4. The molecule has 0 saturated carbocycles. The number of likely N-dealkylation sites (tertiary alicyclic amines) is 1. The molecular formula is C24H31N5O. The van der Waals surface area contributed by atoms with Crippen molar-refractivity contribution in [1.29, 1.82) is 0 Å². The van der Waals surface area contributed by atoms with E-state index in [4.69, 9.17) is 9.40 Å². The maximum atomic E-state index is 5.99. The van der Waals surface area contributed by atoms with Gasteiger partial charge in [-0.3, -0.25) is 4.90 Å². The minimum Gasteiger partial charge on any atom is -0.460 e. The van der Waals surface area contributed by atoms with E-state index in [9.17, 15) is 0 Å². The van der Waals surface area contributed by atoms with E-state index in [0.717, 1.165) is 68.7 Å². The zero-order chi connectivity index (χ0) is 20.2. The van der Waals surface area contributed by atoms with Crippen LogP contribution < -0.4 is 10.2 Å². The number of aromatic nitrogens is 2. The summed E-state index contributed by atoms with van der Waals surface area (Å²) in [6, 6.07) is 12.9. The highest BCUT2D eigenvalue weighted by atomic mass is 16.3. The number of furan rings is 1. The first kappa shape index (κ1) is 19.4. The molecule has 2 aromatic heterocycles. The Labute approximate surface area is 178 Å². The second-order valence-corrected chi connectivity index (χ2v) is 8.59. The Kier molecular flexibility index (Phi) is 5.84. The molecule has 2 fully saturated rings. The number of hydrogen-bond donors (Lipinski definition) is 1. The molecule has 0 spiro atoms. The average molecular weight is 406 g/mol. The highest BCUT2D eigenvalue weighted by molar-refractivity contribution is 5.77. The van der Waals surface area contributed by atoms with Crippen molar-refractivity contribution in [3.05, 3.63) is 48.4 Å². The van der Waals surface area contributed by atoms with Crippen LogP contribution in [0.25, 0.3) is 11.0 Å². The van der Waals surface area contributed by atoms with Gasteiger partial charge in [0.15, 0.2) is 0 Å². The quantitative estimate of drug-likeness (QED) is 0.665. The molecule has 158 valence electrons. The van der Waals surface area contributed by atoms with Crippen LogP contribution in [0.5, 0.6) is 0 Å². The van der Waals surface area contributed by atoms with Gasteiger partial charge in [0.05, 0.1) is 6.54 Å². The zero-order valence-electron chi connectivity index (χ0n) is 17.6. The van der Waals surface area contributed by atoms with Gasteiger partial charge in [-0.25, -0.2) is 4.98 Å². The van der Waals surface area contributed by atoms with Gasteiger partial charge in [-0.15, -0.1) is 0 Å². The molecule has 0 atom stereocenters.